The monoisotopic (exact) mass is 234 g/mol. The third-order valence-electron chi connectivity index (χ3n) is 3.59. The zero-order chi connectivity index (χ0) is 12.3. The van der Waals surface area contributed by atoms with Gasteiger partial charge in [0.15, 0.2) is 0 Å². The van der Waals surface area contributed by atoms with Crippen LogP contribution in [-0.2, 0) is 16.0 Å². The molecular weight excluding hydrogens is 216 g/mol. The fourth-order valence-electron chi connectivity index (χ4n) is 2.61. The van der Waals surface area contributed by atoms with Gasteiger partial charge in [0.2, 0.25) is 0 Å². The van der Waals surface area contributed by atoms with Crippen molar-refractivity contribution in [3.8, 4) is 0 Å². The van der Waals surface area contributed by atoms with Crippen molar-refractivity contribution in [2.24, 2.45) is 11.8 Å². The van der Waals surface area contributed by atoms with Crippen LogP contribution in [0.4, 0.5) is 0 Å². The Morgan fingerprint density at radius 1 is 1.35 bits per heavy atom. The molecule has 0 saturated heterocycles. The van der Waals surface area contributed by atoms with E-state index in [0.29, 0.717) is 0 Å². The van der Waals surface area contributed by atoms with Crippen molar-refractivity contribution in [2.75, 3.05) is 7.11 Å². The van der Waals surface area contributed by atoms with Gasteiger partial charge in [-0.15, -0.1) is 0 Å². The van der Waals surface area contributed by atoms with Crippen LogP contribution in [0.2, 0.25) is 0 Å². The Balaban J connectivity index is 1.98. The molecular formula is C14H18O3. The van der Waals surface area contributed by atoms with E-state index >= 15 is 0 Å². The highest BCUT2D eigenvalue weighted by atomic mass is 16.5. The highest BCUT2D eigenvalue weighted by molar-refractivity contribution is 5.73. The first kappa shape index (κ1) is 12.1. The number of aliphatic hydroxyl groups excluding tert-OH is 1. The summed E-state index contributed by atoms with van der Waals surface area (Å²) in [6.07, 6.45) is 1.87. The molecule has 3 atom stereocenters. The second-order valence-electron chi connectivity index (χ2n) is 4.65. The van der Waals surface area contributed by atoms with Crippen LogP contribution in [0.3, 0.4) is 0 Å². The van der Waals surface area contributed by atoms with E-state index in [9.17, 15) is 9.90 Å². The molecule has 3 unspecified atom stereocenters. The van der Waals surface area contributed by atoms with E-state index in [1.165, 1.54) is 12.7 Å². The van der Waals surface area contributed by atoms with Crippen LogP contribution in [0.25, 0.3) is 0 Å². The van der Waals surface area contributed by atoms with Crippen LogP contribution in [0, 0.1) is 11.8 Å². The molecule has 0 aromatic heterocycles. The molecule has 0 spiro atoms. The third-order valence-corrected chi connectivity index (χ3v) is 3.59. The molecule has 0 radical (unpaired) electrons. The summed E-state index contributed by atoms with van der Waals surface area (Å²) in [6.45, 7) is 0. The van der Waals surface area contributed by atoms with Gasteiger partial charge >= 0.3 is 5.97 Å². The van der Waals surface area contributed by atoms with Gasteiger partial charge in [-0.05, 0) is 30.7 Å². The highest BCUT2D eigenvalue weighted by Crippen LogP contribution is 2.34. The summed E-state index contributed by atoms with van der Waals surface area (Å²) in [4.78, 5) is 11.4. The zero-order valence-corrected chi connectivity index (χ0v) is 10.0. The first-order valence-corrected chi connectivity index (χ1v) is 6.02. The summed E-state index contributed by atoms with van der Waals surface area (Å²) in [5, 5.41) is 10.1. The number of methoxy groups -OCH3 is 1. The average Bonchev–Trinajstić information content (AvgIpc) is 2.72. The predicted octanol–water partition coefficient (Wildman–Crippen LogP) is 1.79. The normalized spacial score (nSPS) is 28.0. The predicted molar refractivity (Wildman–Crippen MR) is 64.4 cm³/mol. The molecule has 1 aliphatic carbocycles. The van der Waals surface area contributed by atoms with E-state index in [1.807, 2.05) is 18.2 Å². The largest absolute Gasteiger partial charge is 0.469 e. The van der Waals surface area contributed by atoms with E-state index in [0.717, 1.165) is 19.3 Å². The number of carbonyl (C=O) groups excluding carboxylic acids is 1. The fourth-order valence-corrected chi connectivity index (χ4v) is 2.61. The minimum atomic E-state index is -0.567. The Hall–Kier alpha value is -1.35. The lowest BCUT2D eigenvalue weighted by atomic mass is 9.94. The third kappa shape index (κ3) is 2.67. The molecule has 0 amide bonds. The van der Waals surface area contributed by atoms with Crippen molar-refractivity contribution in [3.63, 3.8) is 0 Å². The molecule has 3 nitrogen and oxygen atoms in total. The lowest BCUT2D eigenvalue weighted by Gasteiger charge is -2.18. The molecule has 0 heterocycles. The van der Waals surface area contributed by atoms with Gasteiger partial charge < -0.3 is 9.84 Å². The van der Waals surface area contributed by atoms with Gasteiger partial charge in [0.05, 0.1) is 19.1 Å². The maximum absolute atomic E-state index is 11.4. The minimum Gasteiger partial charge on any atom is -0.469 e. The SMILES string of the molecule is COC(=O)C1CCC(Cc2ccccc2)C1O. The van der Waals surface area contributed by atoms with Gasteiger partial charge in [0.25, 0.3) is 0 Å². The first-order valence-electron chi connectivity index (χ1n) is 6.02. The zero-order valence-electron chi connectivity index (χ0n) is 10.0. The Morgan fingerprint density at radius 3 is 2.71 bits per heavy atom. The van der Waals surface area contributed by atoms with Crippen LogP contribution in [0.15, 0.2) is 30.3 Å². The van der Waals surface area contributed by atoms with Crippen molar-refractivity contribution >= 4 is 5.97 Å². The molecule has 92 valence electrons. The van der Waals surface area contributed by atoms with Gasteiger partial charge in [-0.3, -0.25) is 4.79 Å². The van der Waals surface area contributed by atoms with E-state index in [2.05, 4.69) is 12.1 Å². The van der Waals surface area contributed by atoms with E-state index < -0.39 is 6.10 Å². The summed E-state index contributed by atoms with van der Waals surface area (Å²) in [7, 11) is 1.37. The molecule has 1 saturated carbocycles. The molecule has 2 rings (SSSR count). The van der Waals surface area contributed by atoms with Crippen LogP contribution < -0.4 is 0 Å². The molecule has 1 aliphatic rings. The van der Waals surface area contributed by atoms with Gasteiger partial charge in [-0.1, -0.05) is 30.3 Å². The molecule has 1 aromatic rings. The molecule has 17 heavy (non-hydrogen) atoms. The van der Waals surface area contributed by atoms with Crippen LogP contribution >= 0.6 is 0 Å². The smallest absolute Gasteiger partial charge is 0.311 e. The molecule has 1 fully saturated rings. The van der Waals surface area contributed by atoms with Gasteiger partial charge in [-0.25, -0.2) is 0 Å². The van der Waals surface area contributed by atoms with Crippen LogP contribution in [0.1, 0.15) is 18.4 Å². The summed E-state index contributed by atoms with van der Waals surface area (Å²) >= 11 is 0. The summed E-state index contributed by atoms with van der Waals surface area (Å²) in [5.74, 6) is -0.455. The second-order valence-corrected chi connectivity index (χ2v) is 4.65. The summed E-state index contributed by atoms with van der Waals surface area (Å²) < 4.78 is 4.70. The topological polar surface area (TPSA) is 46.5 Å². The van der Waals surface area contributed by atoms with Crippen molar-refractivity contribution in [1.82, 2.24) is 0 Å². The Kier molecular flexibility index (Phi) is 3.79. The second kappa shape index (κ2) is 5.32. The van der Waals surface area contributed by atoms with Gasteiger partial charge in [0, 0.05) is 0 Å². The Bertz CT molecular complexity index is 374. The number of benzene rings is 1. The summed E-state index contributed by atoms with van der Waals surface area (Å²) in [6, 6.07) is 10.1. The van der Waals surface area contributed by atoms with Crippen molar-refractivity contribution < 1.29 is 14.6 Å². The van der Waals surface area contributed by atoms with Crippen molar-refractivity contribution in [3.05, 3.63) is 35.9 Å². The number of hydrogen-bond donors (Lipinski definition) is 1. The maximum atomic E-state index is 11.4. The molecule has 3 heteroatoms. The van der Waals surface area contributed by atoms with Gasteiger partial charge in [0.1, 0.15) is 0 Å². The van der Waals surface area contributed by atoms with Crippen LogP contribution in [0.5, 0.6) is 0 Å². The number of carbonyl (C=O) groups is 1. The lowest BCUT2D eigenvalue weighted by Crippen LogP contribution is -2.29. The molecule has 1 N–H and O–H groups in total. The van der Waals surface area contributed by atoms with E-state index in [1.54, 1.807) is 0 Å². The number of hydrogen-bond acceptors (Lipinski definition) is 3. The lowest BCUT2D eigenvalue weighted by molar-refractivity contribution is -0.148. The number of ether oxygens (including phenoxy) is 1. The van der Waals surface area contributed by atoms with E-state index in [4.69, 9.17) is 4.74 Å². The maximum Gasteiger partial charge on any atom is 0.311 e. The van der Waals surface area contributed by atoms with E-state index in [-0.39, 0.29) is 17.8 Å². The number of esters is 1. The highest BCUT2D eigenvalue weighted by Gasteiger charge is 2.39. The minimum absolute atomic E-state index is 0.168. The average molecular weight is 234 g/mol. The number of rotatable bonds is 3. The quantitative estimate of drug-likeness (QED) is 0.811. The first-order chi connectivity index (χ1) is 8.22. The fraction of sp³-hybridized carbons (Fsp3) is 0.500. The van der Waals surface area contributed by atoms with Crippen molar-refractivity contribution in [2.45, 2.75) is 25.4 Å². The van der Waals surface area contributed by atoms with Gasteiger partial charge in [-0.2, -0.15) is 0 Å². The molecule has 0 bridgehead atoms. The standard InChI is InChI=1S/C14H18O3/c1-17-14(16)12-8-7-11(13(12)15)9-10-5-3-2-4-6-10/h2-6,11-13,15H,7-9H2,1H3. The Morgan fingerprint density at radius 2 is 2.06 bits per heavy atom. The molecule has 1 aromatic carbocycles. The Labute approximate surface area is 101 Å². The summed E-state index contributed by atoms with van der Waals surface area (Å²) in [5.41, 5.74) is 1.21. The van der Waals surface area contributed by atoms with Crippen LogP contribution in [-0.4, -0.2) is 24.3 Å². The van der Waals surface area contributed by atoms with Crippen molar-refractivity contribution in [1.29, 1.82) is 0 Å². The number of aliphatic hydroxyl groups is 1. The molecule has 0 aliphatic heterocycles.